The zero-order valence-corrected chi connectivity index (χ0v) is 18.0. The van der Waals surface area contributed by atoms with Gasteiger partial charge in [0.2, 0.25) is 0 Å². The van der Waals surface area contributed by atoms with Gasteiger partial charge in [-0.3, -0.25) is 4.79 Å². The molecule has 0 spiro atoms. The van der Waals surface area contributed by atoms with Crippen LogP contribution in [-0.2, 0) is 0 Å². The smallest absolute Gasteiger partial charge is 0.349 e. The Labute approximate surface area is 188 Å². The monoisotopic (exact) mass is 438 g/mol. The van der Waals surface area contributed by atoms with Gasteiger partial charge < -0.3 is 9.73 Å². The van der Waals surface area contributed by atoms with Crippen molar-refractivity contribution in [3.05, 3.63) is 106 Å². The number of amides is 1. The van der Waals surface area contributed by atoms with Gasteiger partial charge in [0, 0.05) is 27.6 Å². The number of carbonyl (C=O) groups is 1. The van der Waals surface area contributed by atoms with Crippen molar-refractivity contribution < 1.29 is 9.21 Å². The molecule has 2 heterocycles. The van der Waals surface area contributed by atoms with Crippen molar-refractivity contribution in [1.29, 1.82) is 0 Å². The Kier molecular flexibility index (Phi) is 5.13. The highest BCUT2D eigenvalue weighted by Gasteiger charge is 2.14. The number of aryl methyl sites for hydroxylation is 1. The van der Waals surface area contributed by atoms with Gasteiger partial charge in [0.15, 0.2) is 0 Å². The number of carbonyl (C=O) groups excluding carboxylic acids is 1. The van der Waals surface area contributed by atoms with E-state index in [0.29, 0.717) is 16.7 Å². The number of hydrogen-bond acceptors (Lipinski definition) is 5. The van der Waals surface area contributed by atoms with Gasteiger partial charge in [0.25, 0.3) is 5.91 Å². The molecule has 1 N–H and O–H groups in total. The summed E-state index contributed by atoms with van der Waals surface area (Å²) in [6, 6.07) is 24.2. The average molecular weight is 439 g/mol. The molecule has 32 heavy (non-hydrogen) atoms. The Hall–Kier alpha value is -4.03. The number of hydrogen-bond donors (Lipinski definition) is 1. The third-order valence-electron chi connectivity index (χ3n) is 5.20. The number of nitrogens with zero attached hydrogens (tertiary/aromatic N) is 1. The molecule has 0 bridgehead atoms. The molecule has 0 aliphatic carbocycles. The van der Waals surface area contributed by atoms with E-state index in [1.54, 1.807) is 47.7 Å². The largest absolute Gasteiger partial charge is 0.422 e. The van der Waals surface area contributed by atoms with Gasteiger partial charge in [0.1, 0.15) is 16.2 Å². The van der Waals surface area contributed by atoms with Gasteiger partial charge in [-0.2, -0.15) is 0 Å². The Bertz CT molecular complexity index is 1500. The first-order valence-electron chi connectivity index (χ1n) is 10.0. The maximum Gasteiger partial charge on any atom is 0.349 e. The Balaban J connectivity index is 1.36. The quantitative estimate of drug-likeness (QED) is 0.342. The van der Waals surface area contributed by atoms with Crippen LogP contribution >= 0.6 is 11.3 Å². The molecule has 0 saturated heterocycles. The molecule has 5 aromatic rings. The summed E-state index contributed by atoms with van der Waals surface area (Å²) in [6.45, 7) is 2.07. The van der Waals surface area contributed by atoms with E-state index in [4.69, 9.17) is 9.40 Å². The van der Waals surface area contributed by atoms with Crippen molar-refractivity contribution in [2.24, 2.45) is 0 Å². The van der Waals surface area contributed by atoms with Gasteiger partial charge >= 0.3 is 5.63 Å². The third-order valence-corrected chi connectivity index (χ3v) is 6.08. The summed E-state index contributed by atoms with van der Waals surface area (Å²) in [5, 5.41) is 6.45. The van der Waals surface area contributed by atoms with E-state index in [0.717, 1.165) is 21.8 Å². The van der Waals surface area contributed by atoms with E-state index in [-0.39, 0.29) is 5.56 Å². The van der Waals surface area contributed by atoms with Crippen molar-refractivity contribution in [3.63, 3.8) is 0 Å². The van der Waals surface area contributed by atoms with E-state index in [9.17, 15) is 9.59 Å². The number of fused-ring (bicyclic) bond motifs is 1. The van der Waals surface area contributed by atoms with Crippen LogP contribution in [0.5, 0.6) is 0 Å². The first-order chi connectivity index (χ1) is 15.6. The van der Waals surface area contributed by atoms with Gasteiger partial charge in [0.05, 0.1) is 5.69 Å². The molecule has 0 radical (unpaired) electrons. The van der Waals surface area contributed by atoms with Crippen LogP contribution in [0.3, 0.4) is 0 Å². The molecule has 0 unspecified atom stereocenters. The summed E-state index contributed by atoms with van der Waals surface area (Å²) >= 11 is 1.60. The first kappa shape index (κ1) is 19.9. The van der Waals surface area contributed by atoms with E-state index in [1.165, 1.54) is 5.56 Å². The molecular weight excluding hydrogens is 420 g/mol. The van der Waals surface area contributed by atoms with E-state index < -0.39 is 11.5 Å². The van der Waals surface area contributed by atoms with E-state index >= 15 is 0 Å². The summed E-state index contributed by atoms with van der Waals surface area (Å²) in [6.07, 6.45) is 0. The van der Waals surface area contributed by atoms with E-state index in [2.05, 4.69) is 24.4 Å². The van der Waals surface area contributed by atoms with Crippen LogP contribution in [0.1, 0.15) is 15.9 Å². The molecular formula is C26H18N2O3S. The molecule has 3 aromatic carbocycles. The Morgan fingerprint density at radius 1 is 0.969 bits per heavy atom. The minimum absolute atomic E-state index is 0.0323. The van der Waals surface area contributed by atoms with Crippen molar-refractivity contribution >= 4 is 33.9 Å². The average Bonchev–Trinajstić information content (AvgIpc) is 3.29. The molecule has 2 aromatic heterocycles. The van der Waals surface area contributed by atoms with Crippen LogP contribution in [0, 0.1) is 6.92 Å². The van der Waals surface area contributed by atoms with Crippen molar-refractivity contribution in [3.8, 4) is 21.8 Å². The van der Waals surface area contributed by atoms with Crippen LogP contribution in [0.15, 0.2) is 93.5 Å². The molecule has 5 rings (SSSR count). The van der Waals surface area contributed by atoms with Crippen LogP contribution in [0.4, 0.5) is 5.69 Å². The fourth-order valence-corrected chi connectivity index (χ4v) is 4.40. The normalized spacial score (nSPS) is 10.9. The van der Waals surface area contributed by atoms with Gasteiger partial charge in [-0.1, -0.05) is 54.6 Å². The number of benzene rings is 3. The van der Waals surface area contributed by atoms with Crippen molar-refractivity contribution in [1.82, 2.24) is 4.98 Å². The minimum Gasteiger partial charge on any atom is -0.422 e. The third kappa shape index (κ3) is 3.84. The second-order valence-corrected chi connectivity index (χ2v) is 8.23. The first-order valence-corrected chi connectivity index (χ1v) is 10.9. The second kappa shape index (κ2) is 8.24. The number of rotatable bonds is 4. The topological polar surface area (TPSA) is 72.2 Å². The molecule has 0 fully saturated rings. The molecule has 0 aliphatic heterocycles. The highest BCUT2D eigenvalue weighted by Crippen LogP contribution is 2.31. The Morgan fingerprint density at radius 3 is 2.53 bits per heavy atom. The molecule has 0 atom stereocenters. The number of thiazole rings is 1. The van der Waals surface area contributed by atoms with Gasteiger partial charge in [-0.25, -0.2) is 9.78 Å². The van der Waals surface area contributed by atoms with Gasteiger partial charge in [-0.05, 0) is 36.8 Å². The standard InChI is InChI=1S/C26H18N2O3S/c1-16-6-2-4-8-20(16)25-28-22(15-32-25)17-10-12-19(13-11-17)27-24(29)21-14-18-7-3-5-9-23(18)31-26(21)30/h2-15H,1H3,(H,27,29). The SMILES string of the molecule is Cc1ccccc1-c1nc(-c2ccc(NC(=O)c3cc4ccccc4oc3=O)cc2)cs1. The zero-order chi connectivity index (χ0) is 22.1. The summed E-state index contributed by atoms with van der Waals surface area (Å²) in [5.41, 5.74) is 4.48. The number of nitrogens with one attached hydrogen (secondary N) is 1. The Morgan fingerprint density at radius 2 is 1.72 bits per heavy atom. The summed E-state index contributed by atoms with van der Waals surface area (Å²) in [7, 11) is 0. The minimum atomic E-state index is -0.663. The van der Waals surface area contributed by atoms with Crippen molar-refractivity contribution in [2.75, 3.05) is 5.32 Å². The number of anilines is 1. The lowest BCUT2D eigenvalue weighted by Gasteiger charge is -2.06. The summed E-state index contributed by atoms with van der Waals surface area (Å²) in [4.78, 5) is 29.6. The molecule has 0 aliphatic rings. The van der Waals surface area contributed by atoms with Crippen LogP contribution in [0.2, 0.25) is 0 Å². The lowest BCUT2D eigenvalue weighted by Crippen LogP contribution is -2.20. The number of aromatic nitrogens is 1. The summed E-state index contributed by atoms with van der Waals surface area (Å²) < 4.78 is 5.25. The predicted octanol–water partition coefficient (Wildman–Crippen LogP) is 6.14. The lowest BCUT2D eigenvalue weighted by molar-refractivity contribution is 0.102. The molecule has 5 nitrogen and oxygen atoms in total. The maximum absolute atomic E-state index is 12.6. The summed E-state index contributed by atoms with van der Waals surface area (Å²) in [5.74, 6) is -0.507. The second-order valence-electron chi connectivity index (χ2n) is 7.37. The fourth-order valence-electron chi connectivity index (χ4n) is 3.49. The molecule has 0 saturated carbocycles. The maximum atomic E-state index is 12.6. The van der Waals surface area contributed by atoms with Crippen LogP contribution in [-0.4, -0.2) is 10.9 Å². The van der Waals surface area contributed by atoms with Gasteiger partial charge in [-0.15, -0.1) is 11.3 Å². The van der Waals surface area contributed by atoms with E-state index in [1.807, 2.05) is 35.7 Å². The zero-order valence-electron chi connectivity index (χ0n) is 17.2. The molecule has 6 heteroatoms. The predicted molar refractivity (Wildman–Crippen MR) is 128 cm³/mol. The van der Waals surface area contributed by atoms with Crippen LogP contribution < -0.4 is 10.9 Å². The molecule has 1 amide bonds. The fraction of sp³-hybridized carbons (Fsp3) is 0.0385. The lowest BCUT2D eigenvalue weighted by atomic mass is 10.1. The highest BCUT2D eigenvalue weighted by molar-refractivity contribution is 7.13. The number of para-hydroxylation sites is 1. The van der Waals surface area contributed by atoms with Crippen molar-refractivity contribution in [2.45, 2.75) is 6.92 Å². The highest BCUT2D eigenvalue weighted by atomic mass is 32.1. The van der Waals surface area contributed by atoms with Crippen LogP contribution in [0.25, 0.3) is 32.8 Å². The molecule has 156 valence electrons.